The van der Waals surface area contributed by atoms with Gasteiger partial charge in [-0.2, -0.15) is 10.2 Å². The van der Waals surface area contributed by atoms with Crippen LogP contribution in [-0.4, -0.2) is 69.7 Å². The molecule has 0 spiro atoms. The van der Waals surface area contributed by atoms with E-state index in [1.165, 1.54) is 0 Å². The standard InChI is InChI=1S/C16H26N2O4.C14H24N4O3/c1-4-22-14(19)12-6-5-7-16(21,8-12)13-9-17-18(10-13)11-15(2,3)20;1-13(2,20)9-18-8-11(7-16-18)14(21)5-3-4-10(6-14)12(19)17-15/h9-10,12,20-21H,4-8,11H2,1-3H3;7-8,10,20-21H,3-6,9,15H2,1-2H3,(H,17,19). The molecular formula is C30H50N6O7. The number of amides is 1. The van der Waals surface area contributed by atoms with Crippen molar-refractivity contribution in [1.29, 1.82) is 0 Å². The van der Waals surface area contributed by atoms with Crippen LogP contribution in [0.2, 0.25) is 0 Å². The van der Waals surface area contributed by atoms with Crippen LogP contribution in [0, 0.1) is 11.8 Å². The summed E-state index contributed by atoms with van der Waals surface area (Å²) in [7, 11) is 0. The summed E-state index contributed by atoms with van der Waals surface area (Å²) >= 11 is 0. The Hall–Kier alpha value is -2.84. The summed E-state index contributed by atoms with van der Waals surface area (Å²) in [5.74, 6) is 4.15. The Morgan fingerprint density at radius 3 is 1.79 bits per heavy atom. The molecule has 13 nitrogen and oxygen atoms in total. The molecule has 0 radical (unpaired) electrons. The van der Waals surface area contributed by atoms with E-state index in [2.05, 4.69) is 15.6 Å². The summed E-state index contributed by atoms with van der Waals surface area (Å²) in [5, 5.41) is 49.8. The Bertz CT molecular complexity index is 1220. The number of aliphatic hydroxyl groups is 4. The van der Waals surface area contributed by atoms with Gasteiger partial charge in [-0.05, 0) is 86.0 Å². The molecule has 2 heterocycles. The number of ether oxygens (including phenoxy) is 1. The molecule has 2 aliphatic rings. The molecular weight excluding hydrogens is 556 g/mol. The van der Waals surface area contributed by atoms with Gasteiger partial charge in [0.15, 0.2) is 0 Å². The van der Waals surface area contributed by atoms with Gasteiger partial charge in [0.2, 0.25) is 5.91 Å². The van der Waals surface area contributed by atoms with Gasteiger partial charge in [0.1, 0.15) is 0 Å². The minimum Gasteiger partial charge on any atom is -0.466 e. The van der Waals surface area contributed by atoms with Crippen LogP contribution in [0.1, 0.15) is 97.1 Å². The fraction of sp³-hybridized carbons (Fsp3) is 0.733. The molecule has 1 amide bonds. The molecule has 0 bridgehead atoms. The average molecular weight is 607 g/mol. The lowest BCUT2D eigenvalue weighted by Gasteiger charge is -2.35. The van der Waals surface area contributed by atoms with Gasteiger partial charge in [-0.25, -0.2) is 5.84 Å². The minimum atomic E-state index is -1.06. The number of nitrogens with two attached hydrogens (primary N) is 1. The molecule has 43 heavy (non-hydrogen) atoms. The van der Waals surface area contributed by atoms with Gasteiger partial charge >= 0.3 is 5.97 Å². The zero-order valence-corrected chi connectivity index (χ0v) is 26.1. The van der Waals surface area contributed by atoms with E-state index in [9.17, 15) is 30.0 Å². The molecule has 2 aromatic heterocycles. The fourth-order valence-corrected chi connectivity index (χ4v) is 6.01. The van der Waals surface area contributed by atoms with Crippen molar-refractivity contribution in [3.63, 3.8) is 0 Å². The Kier molecular flexibility index (Phi) is 11.2. The second-order valence-electron chi connectivity index (χ2n) is 13.4. The van der Waals surface area contributed by atoms with Gasteiger partial charge in [-0.3, -0.25) is 24.4 Å². The van der Waals surface area contributed by atoms with Crippen LogP contribution in [0.4, 0.5) is 0 Å². The van der Waals surface area contributed by atoms with Gasteiger partial charge < -0.3 is 25.2 Å². The third-order valence-corrected chi connectivity index (χ3v) is 8.03. The van der Waals surface area contributed by atoms with Crippen molar-refractivity contribution in [3.05, 3.63) is 35.9 Å². The third kappa shape index (κ3) is 9.83. The van der Waals surface area contributed by atoms with Gasteiger partial charge in [0.05, 0.1) is 60.4 Å². The van der Waals surface area contributed by atoms with E-state index >= 15 is 0 Å². The molecule has 4 rings (SSSR count). The van der Waals surface area contributed by atoms with E-state index in [0.29, 0.717) is 56.5 Å². The van der Waals surface area contributed by atoms with Crippen LogP contribution in [0.3, 0.4) is 0 Å². The maximum atomic E-state index is 11.9. The molecule has 7 N–H and O–H groups in total. The molecule has 0 aromatic carbocycles. The lowest BCUT2D eigenvalue weighted by molar-refractivity contribution is -0.153. The van der Waals surface area contributed by atoms with E-state index in [0.717, 1.165) is 25.7 Å². The van der Waals surface area contributed by atoms with Crippen LogP contribution < -0.4 is 11.3 Å². The second-order valence-corrected chi connectivity index (χ2v) is 13.4. The summed E-state index contributed by atoms with van der Waals surface area (Å²) in [4.78, 5) is 23.6. The van der Waals surface area contributed by atoms with Crippen LogP contribution >= 0.6 is 0 Å². The van der Waals surface area contributed by atoms with Crippen molar-refractivity contribution in [2.75, 3.05) is 6.61 Å². The summed E-state index contributed by atoms with van der Waals surface area (Å²) in [6.07, 6.45) is 11.6. The van der Waals surface area contributed by atoms with Crippen LogP contribution in [0.25, 0.3) is 0 Å². The van der Waals surface area contributed by atoms with Gasteiger partial charge in [-0.15, -0.1) is 0 Å². The zero-order valence-electron chi connectivity index (χ0n) is 26.1. The Balaban J connectivity index is 0.000000236. The molecule has 0 aliphatic heterocycles. The highest BCUT2D eigenvalue weighted by Gasteiger charge is 2.41. The Labute approximate surface area is 253 Å². The number of carbonyl (C=O) groups excluding carboxylic acids is 2. The maximum Gasteiger partial charge on any atom is 0.309 e. The van der Waals surface area contributed by atoms with Crippen molar-refractivity contribution < 1.29 is 34.8 Å². The van der Waals surface area contributed by atoms with E-state index in [4.69, 9.17) is 10.6 Å². The number of nitrogens with one attached hydrogen (secondary N) is 1. The highest BCUT2D eigenvalue weighted by Crippen LogP contribution is 2.41. The predicted molar refractivity (Wildman–Crippen MR) is 158 cm³/mol. The van der Waals surface area contributed by atoms with E-state index in [1.807, 2.05) is 0 Å². The molecule has 2 aromatic rings. The van der Waals surface area contributed by atoms with E-state index in [-0.39, 0.29) is 23.7 Å². The van der Waals surface area contributed by atoms with Crippen molar-refractivity contribution in [3.8, 4) is 0 Å². The van der Waals surface area contributed by atoms with Crippen LogP contribution in [-0.2, 0) is 38.6 Å². The molecule has 2 fully saturated rings. The largest absolute Gasteiger partial charge is 0.466 e. The summed E-state index contributed by atoms with van der Waals surface area (Å²) < 4.78 is 8.31. The highest BCUT2D eigenvalue weighted by atomic mass is 16.5. The number of carbonyl (C=O) groups is 2. The molecule has 2 saturated carbocycles. The average Bonchev–Trinajstić information content (AvgIpc) is 3.57. The van der Waals surface area contributed by atoms with E-state index in [1.54, 1.807) is 68.8 Å². The first-order valence-electron chi connectivity index (χ1n) is 15.1. The molecule has 2 aliphatic carbocycles. The third-order valence-electron chi connectivity index (χ3n) is 8.03. The van der Waals surface area contributed by atoms with Gasteiger partial charge in [0, 0.05) is 29.4 Å². The summed E-state index contributed by atoms with van der Waals surface area (Å²) in [6.45, 7) is 9.66. The minimum absolute atomic E-state index is 0.232. The number of aromatic nitrogens is 4. The number of esters is 1. The van der Waals surface area contributed by atoms with Gasteiger partial charge in [0.25, 0.3) is 0 Å². The summed E-state index contributed by atoms with van der Waals surface area (Å²) in [5.41, 5.74) is -0.316. The monoisotopic (exact) mass is 606 g/mol. The first-order chi connectivity index (χ1) is 20.0. The predicted octanol–water partition coefficient (Wildman–Crippen LogP) is 1.62. The molecule has 4 atom stereocenters. The van der Waals surface area contributed by atoms with Crippen LogP contribution in [0.5, 0.6) is 0 Å². The first kappa shape index (κ1) is 34.6. The molecule has 4 unspecified atom stereocenters. The second kappa shape index (κ2) is 13.9. The van der Waals surface area contributed by atoms with Crippen molar-refractivity contribution in [1.82, 2.24) is 25.0 Å². The fourth-order valence-electron chi connectivity index (χ4n) is 6.01. The maximum absolute atomic E-state index is 11.9. The van der Waals surface area contributed by atoms with Crippen LogP contribution in [0.15, 0.2) is 24.8 Å². The van der Waals surface area contributed by atoms with Gasteiger partial charge in [-0.1, -0.05) is 0 Å². The number of rotatable bonds is 9. The molecule has 0 saturated heterocycles. The van der Waals surface area contributed by atoms with Crippen molar-refractivity contribution >= 4 is 11.9 Å². The Morgan fingerprint density at radius 2 is 1.37 bits per heavy atom. The Morgan fingerprint density at radius 1 is 0.930 bits per heavy atom. The lowest BCUT2D eigenvalue weighted by Crippen LogP contribution is -2.42. The number of hydrogen-bond acceptors (Lipinski definition) is 10. The quantitative estimate of drug-likeness (QED) is 0.106. The normalized spacial score (nSPS) is 26.3. The van der Waals surface area contributed by atoms with Crippen molar-refractivity contribution in [2.45, 2.75) is 121 Å². The number of nitrogens with zero attached hydrogens (tertiary/aromatic N) is 4. The first-order valence-corrected chi connectivity index (χ1v) is 15.1. The molecule has 242 valence electrons. The highest BCUT2D eigenvalue weighted by molar-refractivity contribution is 5.78. The zero-order chi connectivity index (χ0) is 32.1. The lowest BCUT2D eigenvalue weighted by atomic mass is 9.75. The van der Waals surface area contributed by atoms with Crippen molar-refractivity contribution in [2.24, 2.45) is 17.7 Å². The SMILES string of the molecule is CC(C)(O)Cn1cc(C2(O)CCCC(C(=O)NN)C2)cn1.CCOC(=O)C1CCCC(O)(c2cnn(CC(C)(C)O)c2)C1. The molecule has 13 heteroatoms. The number of hydrazine groups is 1. The summed E-state index contributed by atoms with van der Waals surface area (Å²) in [6, 6.07) is 0. The smallest absolute Gasteiger partial charge is 0.309 e. The van der Waals surface area contributed by atoms with E-state index < -0.39 is 22.4 Å². The topological polar surface area (TPSA) is 198 Å². The number of hydrogen-bond donors (Lipinski definition) is 6.